The van der Waals surface area contributed by atoms with Crippen molar-refractivity contribution < 1.29 is 19.0 Å². The third-order valence-electron chi connectivity index (χ3n) is 3.89. The lowest BCUT2D eigenvalue weighted by atomic mass is 10.1. The molecule has 0 saturated carbocycles. The summed E-state index contributed by atoms with van der Waals surface area (Å²) >= 11 is 0. The summed E-state index contributed by atoms with van der Waals surface area (Å²) < 4.78 is 16.1. The number of carbonyl (C=O) groups is 1. The van der Waals surface area contributed by atoms with Crippen LogP contribution in [0.3, 0.4) is 0 Å². The van der Waals surface area contributed by atoms with Crippen molar-refractivity contribution in [2.24, 2.45) is 0 Å². The Kier molecular flexibility index (Phi) is 7.29. The summed E-state index contributed by atoms with van der Waals surface area (Å²) in [6, 6.07) is 5.79. The van der Waals surface area contributed by atoms with Gasteiger partial charge in [-0.3, -0.25) is 0 Å². The Morgan fingerprint density at radius 1 is 1.15 bits per heavy atom. The molecule has 1 atom stereocenters. The van der Waals surface area contributed by atoms with E-state index in [0.717, 1.165) is 23.9 Å². The van der Waals surface area contributed by atoms with Crippen LogP contribution in [0.25, 0.3) is 10.9 Å². The maximum absolute atomic E-state index is 11.7. The SMILES string of the molecule is CC(OC(=O)OCCN(C)C)Oc1cccc2[nH]cc(CCN(C)C)c12. The topological polar surface area (TPSA) is 67.0 Å². The number of nitrogens with zero attached hydrogens (tertiary/aromatic N) is 2. The highest BCUT2D eigenvalue weighted by atomic mass is 16.8. The predicted octanol–water partition coefficient (Wildman–Crippen LogP) is 2.71. The molecule has 7 heteroatoms. The van der Waals surface area contributed by atoms with E-state index in [4.69, 9.17) is 14.2 Å². The Labute approximate surface area is 154 Å². The number of fused-ring (bicyclic) bond motifs is 1. The maximum atomic E-state index is 11.7. The van der Waals surface area contributed by atoms with Gasteiger partial charge in [-0.25, -0.2) is 4.79 Å². The number of aromatic nitrogens is 1. The lowest BCUT2D eigenvalue weighted by Gasteiger charge is -2.17. The lowest BCUT2D eigenvalue weighted by molar-refractivity contribution is -0.0532. The van der Waals surface area contributed by atoms with Gasteiger partial charge in [-0.15, -0.1) is 0 Å². The van der Waals surface area contributed by atoms with Crippen molar-refractivity contribution in [3.63, 3.8) is 0 Å². The highest BCUT2D eigenvalue weighted by Gasteiger charge is 2.16. The fourth-order valence-corrected chi connectivity index (χ4v) is 2.54. The molecule has 2 rings (SSSR count). The van der Waals surface area contributed by atoms with Crippen molar-refractivity contribution in [3.8, 4) is 5.75 Å². The number of H-pyrrole nitrogens is 1. The molecule has 0 spiro atoms. The van der Waals surface area contributed by atoms with Crippen molar-refractivity contribution in [2.75, 3.05) is 47.9 Å². The standard InChI is InChI=1S/C19H29N3O4/c1-14(26-19(23)24-12-11-22(4)5)25-17-8-6-7-16-18(17)15(13-20-16)9-10-21(2)3/h6-8,13-14,20H,9-12H2,1-5H3. The van der Waals surface area contributed by atoms with Crippen LogP contribution in [0.5, 0.6) is 5.75 Å². The number of hydrogen-bond acceptors (Lipinski definition) is 6. The minimum absolute atomic E-state index is 0.278. The van der Waals surface area contributed by atoms with Crippen molar-refractivity contribution in [1.82, 2.24) is 14.8 Å². The molecule has 1 aromatic carbocycles. The van der Waals surface area contributed by atoms with E-state index < -0.39 is 12.4 Å². The molecule has 26 heavy (non-hydrogen) atoms. The summed E-state index contributed by atoms with van der Waals surface area (Å²) in [7, 11) is 7.91. The van der Waals surface area contributed by atoms with Crippen molar-refractivity contribution in [2.45, 2.75) is 19.6 Å². The molecular formula is C19H29N3O4. The Hall–Kier alpha value is -2.25. The lowest BCUT2D eigenvalue weighted by Crippen LogP contribution is -2.25. The number of carbonyl (C=O) groups excluding carboxylic acids is 1. The zero-order valence-electron chi connectivity index (χ0n) is 16.2. The molecule has 2 aromatic rings. The van der Waals surface area contributed by atoms with Crippen molar-refractivity contribution in [1.29, 1.82) is 0 Å². The minimum atomic E-state index is -0.746. The van der Waals surface area contributed by atoms with Gasteiger partial charge in [-0.1, -0.05) is 6.07 Å². The summed E-state index contributed by atoms with van der Waals surface area (Å²) in [5.41, 5.74) is 2.17. The highest BCUT2D eigenvalue weighted by Crippen LogP contribution is 2.30. The van der Waals surface area contributed by atoms with E-state index in [1.165, 1.54) is 5.56 Å². The number of rotatable bonds is 9. The predicted molar refractivity (Wildman–Crippen MR) is 102 cm³/mol. The molecule has 1 unspecified atom stereocenters. The van der Waals surface area contributed by atoms with E-state index >= 15 is 0 Å². The Morgan fingerprint density at radius 2 is 1.88 bits per heavy atom. The van der Waals surface area contributed by atoms with Gasteiger partial charge in [0.15, 0.2) is 0 Å². The number of likely N-dealkylation sites (N-methyl/N-ethyl adjacent to an activating group) is 2. The van der Waals surface area contributed by atoms with E-state index in [2.05, 4.69) is 9.88 Å². The summed E-state index contributed by atoms with van der Waals surface area (Å²) in [6.07, 6.45) is 1.43. The molecule has 0 aliphatic rings. The number of nitrogens with one attached hydrogen (secondary N) is 1. The van der Waals surface area contributed by atoms with Gasteiger partial charge < -0.3 is 29.0 Å². The van der Waals surface area contributed by atoms with Crippen molar-refractivity contribution >= 4 is 17.1 Å². The molecule has 0 amide bonds. The minimum Gasteiger partial charge on any atom is -0.454 e. The second-order valence-corrected chi connectivity index (χ2v) is 6.75. The molecule has 144 valence electrons. The number of hydrogen-bond donors (Lipinski definition) is 1. The van der Waals surface area contributed by atoms with Gasteiger partial charge in [0.2, 0.25) is 6.29 Å². The molecule has 0 fully saturated rings. The van der Waals surface area contributed by atoms with E-state index in [1.54, 1.807) is 6.92 Å². The van der Waals surface area contributed by atoms with Crippen LogP contribution < -0.4 is 4.74 Å². The number of aromatic amines is 1. The molecule has 1 heterocycles. The molecular weight excluding hydrogens is 334 g/mol. The summed E-state index contributed by atoms with van der Waals surface area (Å²) in [5, 5.41) is 1.02. The molecule has 0 aliphatic carbocycles. The van der Waals surface area contributed by atoms with Gasteiger partial charge in [0.05, 0.1) is 0 Å². The van der Waals surface area contributed by atoms with Crippen molar-refractivity contribution in [3.05, 3.63) is 30.0 Å². The summed E-state index contributed by atoms with van der Waals surface area (Å²) in [6.45, 7) is 3.53. The molecule has 0 aliphatic heterocycles. The Bertz CT molecular complexity index is 712. The third-order valence-corrected chi connectivity index (χ3v) is 3.89. The van der Waals surface area contributed by atoms with E-state index in [9.17, 15) is 4.79 Å². The average molecular weight is 363 g/mol. The molecule has 0 radical (unpaired) electrons. The zero-order chi connectivity index (χ0) is 19.1. The average Bonchev–Trinajstić information content (AvgIpc) is 2.96. The van der Waals surface area contributed by atoms with Crippen LogP contribution in [0.1, 0.15) is 12.5 Å². The van der Waals surface area contributed by atoms with Crippen LogP contribution in [0.2, 0.25) is 0 Å². The second-order valence-electron chi connectivity index (χ2n) is 6.75. The van der Waals surface area contributed by atoms with E-state index in [0.29, 0.717) is 12.3 Å². The molecule has 1 N–H and O–H groups in total. The fraction of sp³-hybridized carbons (Fsp3) is 0.526. The fourth-order valence-electron chi connectivity index (χ4n) is 2.54. The van der Waals surface area contributed by atoms with E-state index in [1.807, 2.05) is 57.5 Å². The first-order valence-electron chi connectivity index (χ1n) is 8.75. The number of benzene rings is 1. The Balaban J connectivity index is 2.00. The first kappa shape index (κ1) is 20.1. The first-order valence-corrected chi connectivity index (χ1v) is 8.75. The van der Waals surface area contributed by atoms with Gasteiger partial charge in [0, 0.05) is 37.1 Å². The largest absolute Gasteiger partial charge is 0.511 e. The van der Waals surface area contributed by atoms with Crippen LogP contribution in [0.4, 0.5) is 4.79 Å². The molecule has 1 aromatic heterocycles. The monoisotopic (exact) mass is 363 g/mol. The van der Waals surface area contributed by atoms with Gasteiger partial charge in [-0.05, 0) is 52.3 Å². The van der Waals surface area contributed by atoms with Gasteiger partial charge in [0.25, 0.3) is 0 Å². The van der Waals surface area contributed by atoms with Gasteiger partial charge >= 0.3 is 6.16 Å². The normalized spacial score (nSPS) is 12.6. The van der Waals surface area contributed by atoms with Gasteiger partial charge in [0.1, 0.15) is 12.4 Å². The van der Waals surface area contributed by atoms with Crippen LogP contribution >= 0.6 is 0 Å². The molecule has 0 saturated heterocycles. The van der Waals surface area contributed by atoms with E-state index in [-0.39, 0.29) is 6.61 Å². The zero-order valence-corrected chi connectivity index (χ0v) is 16.2. The third kappa shape index (κ3) is 5.93. The van der Waals surface area contributed by atoms with Crippen LogP contribution in [-0.2, 0) is 15.9 Å². The number of ether oxygens (including phenoxy) is 3. The second kappa shape index (κ2) is 9.45. The van der Waals surface area contributed by atoms with Crippen LogP contribution in [0.15, 0.2) is 24.4 Å². The summed E-state index contributed by atoms with van der Waals surface area (Å²) in [5.74, 6) is 0.686. The Morgan fingerprint density at radius 3 is 2.58 bits per heavy atom. The highest BCUT2D eigenvalue weighted by molar-refractivity contribution is 5.89. The van der Waals surface area contributed by atoms with Gasteiger partial charge in [-0.2, -0.15) is 0 Å². The summed E-state index contributed by atoms with van der Waals surface area (Å²) in [4.78, 5) is 19.1. The molecule has 0 bridgehead atoms. The quantitative estimate of drug-likeness (QED) is 0.546. The van der Waals surface area contributed by atoms with Crippen LogP contribution in [-0.4, -0.2) is 75.1 Å². The molecule has 7 nitrogen and oxygen atoms in total. The smallest absolute Gasteiger partial charge is 0.454 e. The first-order chi connectivity index (χ1) is 12.4. The van der Waals surface area contributed by atoms with Crippen LogP contribution in [0, 0.1) is 0 Å². The maximum Gasteiger partial charge on any atom is 0.511 e.